The molecule has 0 saturated carbocycles. The first-order valence-electron chi connectivity index (χ1n) is 5.58. The maximum Gasteiger partial charge on any atom is 0.266 e. The van der Waals surface area contributed by atoms with Crippen LogP contribution in [0.2, 0.25) is 0 Å². The van der Waals surface area contributed by atoms with Crippen LogP contribution in [0, 0.1) is 10.5 Å². The molecule has 3 nitrogen and oxygen atoms in total. The van der Waals surface area contributed by atoms with E-state index in [0.717, 1.165) is 11.6 Å². The fraction of sp³-hybridized carbons (Fsp3) is 0.231. The smallest absolute Gasteiger partial charge is 0.266 e. The molecule has 0 saturated heterocycles. The Morgan fingerprint density at radius 1 is 1.33 bits per heavy atom. The Bertz CT molecular complexity index is 583. The van der Waals surface area contributed by atoms with E-state index in [0.29, 0.717) is 10.1 Å². The van der Waals surface area contributed by atoms with Crippen LogP contribution in [-0.4, -0.2) is 15.3 Å². The summed E-state index contributed by atoms with van der Waals surface area (Å²) < 4.78 is 2.40. The third-order valence-corrected chi connectivity index (χ3v) is 4.26. The Hall–Kier alpha value is -0.820. The van der Waals surface area contributed by atoms with Gasteiger partial charge in [-0.2, -0.15) is 0 Å². The lowest BCUT2D eigenvalue weighted by molar-refractivity contribution is 0.676. The van der Waals surface area contributed by atoms with Gasteiger partial charge in [0.15, 0.2) is 0 Å². The molecule has 0 spiro atoms. The van der Waals surface area contributed by atoms with E-state index in [9.17, 15) is 4.79 Å². The minimum Gasteiger partial charge on any atom is -0.295 e. The van der Waals surface area contributed by atoms with Gasteiger partial charge in [-0.05, 0) is 41.6 Å². The topological polar surface area (TPSA) is 34.9 Å². The average Bonchev–Trinajstić information content (AvgIpc) is 2.39. The van der Waals surface area contributed by atoms with E-state index in [-0.39, 0.29) is 5.56 Å². The van der Waals surface area contributed by atoms with Gasteiger partial charge in [-0.3, -0.25) is 9.36 Å². The molecule has 18 heavy (non-hydrogen) atoms. The van der Waals surface area contributed by atoms with Crippen molar-refractivity contribution in [1.82, 2.24) is 9.55 Å². The Balaban J connectivity index is 2.03. The molecule has 0 radical (unpaired) electrons. The largest absolute Gasteiger partial charge is 0.295 e. The summed E-state index contributed by atoms with van der Waals surface area (Å²) in [5, 5.41) is 0. The third kappa shape index (κ3) is 3.35. The van der Waals surface area contributed by atoms with Crippen molar-refractivity contribution >= 4 is 34.4 Å². The van der Waals surface area contributed by atoms with Crippen LogP contribution in [0.1, 0.15) is 5.82 Å². The zero-order valence-electron chi connectivity index (χ0n) is 9.97. The van der Waals surface area contributed by atoms with Gasteiger partial charge in [-0.15, -0.1) is 11.8 Å². The maximum absolute atomic E-state index is 11.9. The molecule has 0 fully saturated rings. The lowest BCUT2D eigenvalue weighted by Crippen LogP contribution is -2.26. The highest BCUT2D eigenvalue weighted by molar-refractivity contribution is 14.1. The van der Waals surface area contributed by atoms with Crippen LogP contribution in [0.4, 0.5) is 0 Å². The number of halogens is 1. The van der Waals surface area contributed by atoms with Gasteiger partial charge < -0.3 is 0 Å². The fourth-order valence-corrected chi connectivity index (χ4v) is 2.88. The van der Waals surface area contributed by atoms with Crippen LogP contribution in [0.3, 0.4) is 0 Å². The first-order chi connectivity index (χ1) is 8.68. The monoisotopic (exact) mass is 372 g/mol. The van der Waals surface area contributed by atoms with E-state index in [1.54, 1.807) is 22.5 Å². The molecule has 2 rings (SSSR count). The van der Waals surface area contributed by atoms with Crippen molar-refractivity contribution in [3.05, 3.63) is 56.3 Å². The molecule has 2 aromatic rings. The number of benzene rings is 1. The van der Waals surface area contributed by atoms with Gasteiger partial charge in [-0.25, -0.2) is 4.98 Å². The van der Waals surface area contributed by atoms with E-state index < -0.39 is 0 Å². The molecule has 0 aliphatic heterocycles. The van der Waals surface area contributed by atoms with Crippen LogP contribution in [0.25, 0.3) is 0 Å². The van der Waals surface area contributed by atoms with Crippen molar-refractivity contribution in [3.8, 4) is 0 Å². The second-order valence-corrected chi connectivity index (χ2v) is 6.10. The van der Waals surface area contributed by atoms with Crippen molar-refractivity contribution in [2.45, 2.75) is 18.4 Å². The molecular weight excluding hydrogens is 359 g/mol. The van der Waals surface area contributed by atoms with Crippen molar-refractivity contribution in [2.24, 2.45) is 0 Å². The van der Waals surface area contributed by atoms with Crippen molar-refractivity contribution in [3.63, 3.8) is 0 Å². The van der Waals surface area contributed by atoms with Crippen molar-refractivity contribution in [1.29, 1.82) is 0 Å². The zero-order chi connectivity index (χ0) is 13.0. The standard InChI is InChI=1S/C13H13IN2OS/c1-10-15-9-12(14)13(17)16(10)7-8-18-11-5-3-2-4-6-11/h2-6,9H,7-8H2,1H3. The van der Waals surface area contributed by atoms with Gasteiger partial charge in [0.2, 0.25) is 0 Å². The molecule has 0 unspecified atom stereocenters. The van der Waals surface area contributed by atoms with Crippen LogP contribution in [0.5, 0.6) is 0 Å². The Morgan fingerprint density at radius 3 is 2.78 bits per heavy atom. The summed E-state index contributed by atoms with van der Waals surface area (Å²) in [4.78, 5) is 17.4. The highest BCUT2D eigenvalue weighted by Gasteiger charge is 2.05. The lowest BCUT2D eigenvalue weighted by Gasteiger charge is -2.09. The first-order valence-corrected chi connectivity index (χ1v) is 7.64. The molecule has 0 aliphatic carbocycles. The molecule has 1 heterocycles. The van der Waals surface area contributed by atoms with Gasteiger partial charge >= 0.3 is 0 Å². The third-order valence-electron chi connectivity index (χ3n) is 2.53. The molecule has 0 N–H and O–H groups in total. The van der Waals surface area contributed by atoms with Crippen LogP contribution >= 0.6 is 34.4 Å². The molecule has 1 aromatic carbocycles. The molecule has 5 heteroatoms. The number of rotatable bonds is 4. The second kappa shape index (κ2) is 6.38. The molecule has 1 aromatic heterocycles. The van der Waals surface area contributed by atoms with Crippen LogP contribution in [-0.2, 0) is 6.54 Å². The lowest BCUT2D eigenvalue weighted by atomic mass is 10.4. The number of thioether (sulfide) groups is 1. The summed E-state index contributed by atoms with van der Waals surface area (Å²) in [5.74, 6) is 1.64. The SMILES string of the molecule is Cc1ncc(I)c(=O)n1CCSc1ccccc1. The normalized spacial score (nSPS) is 10.6. The Labute approximate surface area is 124 Å². The summed E-state index contributed by atoms with van der Waals surface area (Å²) in [7, 11) is 0. The Kier molecular flexibility index (Phi) is 4.82. The van der Waals surface area contributed by atoms with Crippen molar-refractivity contribution < 1.29 is 0 Å². The number of aromatic nitrogens is 2. The molecule has 0 atom stereocenters. The van der Waals surface area contributed by atoms with E-state index in [2.05, 4.69) is 17.1 Å². The predicted octanol–water partition coefficient (Wildman–Crippen LogP) is 2.95. The van der Waals surface area contributed by atoms with Gasteiger partial charge in [0.05, 0.1) is 3.57 Å². The number of hydrogen-bond donors (Lipinski definition) is 0. The van der Waals surface area contributed by atoms with Gasteiger partial charge in [0, 0.05) is 23.4 Å². The highest BCUT2D eigenvalue weighted by atomic mass is 127. The second-order valence-electron chi connectivity index (χ2n) is 3.77. The van der Waals surface area contributed by atoms with E-state index >= 15 is 0 Å². The maximum atomic E-state index is 11.9. The summed E-state index contributed by atoms with van der Waals surface area (Å²) in [6.07, 6.45) is 1.62. The van der Waals surface area contributed by atoms with E-state index in [1.807, 2.05) is 47.7 Å². The number of nitrogens with zero attached hydrogens (tertiary/aromatic N) is 2. The predicted molar refractivity (Wildman–Crippen MR) is 83.1 cm³/mol. The zero-order valence-corrected chi connectivity index (χ0v) is 12.9. The fourth-order valence-electron chi connectivity index (χ4n) is 1.59. The van der Waals surface area contributed by atoms with Crippen LogP contribution in [0.15, 0.2) is 46.2 Å². The summed E-state index contributed by atoms with van der Waals surface area (Å²) in [6, 6.07) is 10.2. The molecule has 0 aliphatic rings. The van der Waals surface area contributed by atoms with Gasteiger partial charge in [-0.1, -0.05) is 18.2 Å². The first kappa shape index (κ1) is 13.6. The van der Waals surface area contributed by atoms with Gasteiger partial charge in [0.1, 0.15) is 5.82 Å². The molecule has 0 amide bonds. The van der Waals surface area contributed by atoms with Crippen molar-refractivity contribution in [2.75, 3.05) is 5.75 Å². The average molecular weight is 372 g/mol. The van der Waals surface area contributed by atoms with Crippen LogP contribution < -0.4 is 5.56 Å². The number of aryl methyl sites for hydroxylation is 1. The minimum absolute atomic E-state index is 0.0526. The molecular formula is C13H13IN2OS. The summed E-state index contributed by atoms with van der Waals surface area (Å²) in [5.41, 5.74) is 0.0526. The Morgan fingerprint density at radius 2 is 2.06 bits per heavy atom. The summed E-state index contributed by atoms with van der Waals surface area (Å²) in [6.45, 7) is 2.55. The quantitative estimate of drug-likeness (QED) is 0.612. The highest BCUT2D eigenvalue weighted by Crippen LogP contribution is 2.16. The van der Waals surface area contributed by atoms with E-state index in [1.165, 1.54) is 4.90 Å². The molecule has 0 bridgehead atoms. The number of hydrogen-bond acceptors (Lipinski definition) is 3. The van der Waals surface area contributed by atoms with Gasteiger partial charge in [0.25, 0.3) is 5.56 Å². The minimum atomic E-state index is 0.0526. The molecule has 94 valence electrons. The summed E-state index contributed by atoms with van der Waals surface area (Å²) >= 11 is 3.78. The van der Waals surface area contributed by atoms with E-state index in [4.69, 9.17) is 0 Å².